The summed E-state index contributed by atoms with van der Waals surface area (Å²) in [6.45, 7) is 1.39. The first-order valence-corrected chi connectivity index (χ1v) is 5.00. The maximum absolute atomic E-state index is 9.45. The molecule has 1 aromatic rings. The zero-order valence-corrected chi connectivity index (χ0v) is 8.68. The number of hydrogen-bond donors (Lipinski definition) is 2. The lowest BCUT2D eigenvalue weighted by atomic mass is 10.2. The quantitative estimate of drug-likeness (QED) is 0.762. The molecule has 1 heterocycles. The summed E-state index contributed by atoms with van der Waals surface area (Å²) in [7, 11) is 1.60. The summed E-state index contributed by atoms with van der Waals surface area (Å²) in [5.41, 5.74) is 0.842. The number of aromatic hydroxyl groups is 1. The van der Waals surface area contributed by atoms with E-state index in [1.54, 1.807) is 25.3 Å². The van der Waals surface area contributed by atoms with E-state index >= 15 is 0 Å². The zero-order valence-electron chi connectivity index (χ0n) is 8.68. The number of anilines is 1. The van der Waals surface area contributed by atoms with E-state index in [0.29, 0.717) is 6.54 Å². The van der Waals surface area contributed by atoms with Gasteiger partial charge >= 0.3 is 0 Å². The van der Waals surface area contributed by atoms with Crippen LogP contribution in [-0.2, 0) is 0 Å². The molecule has 2 N–H and O–H groups in total. The second-order valence-corrected chi connectivity index (χ2v) is 3.74. The van der Waals surface area contributed by atoms with E-state index < -0.39 is 0 Å². The highest BCUT2D eigenvalue weighted by molar-refractivity contribution is 5.62. The molecule has 1 atom stereocenters. The molecule has 0 saturated carbocycles. The van der Waals surface area contributed by atoms with Crippen LogP contribution in [0.15, 0.2) is 18.2 Å². The minimum Gasteiger partial charge on any atom is -0.508 e. The standard InChI is InChI=1S/C11H15NO3/c1-15-11-3-2-8(13)6-10(11)12-5-4-9(14)7-12/h2-3,6,9,13-14H,4-5,7H2,1H3. The number of aliphatic hydroxyl groups excluding tert-OH is 1. The third-order valence-corrected chi connectivity index (χ3v) is 2.67. The Morgan fingerprint density at radius 2 is 2.27 bits per heavy atom. The van der Waals surface area contributed by atoms with Gasteiger partial charge in [0.05, 0.1) is 18.9 Å². The van der Waals surface area contributed by atoms with Crippen molar-refractivity contribution in [3.05, 3.63) is 18.2 Å². The average molecular weight is 209 g/mol. The lowest BCUT2D eigenvalue weighted by Crippen LogP contribution is -2.21. The Bertz CT molecular complexity index is 354. The molecule has 82 valence electrons. The van der Waals surface area contributed by atoms with Gasteiger partial charge < -0.3 is 19.8 Å². The van der Waals surface area contributed by atoms with Crippen molar-refractivity contribution in [2.45, 2.75) is 12.5 Å². The van der Waals surface area contributed by atoms with E-state index in [2.05, 4.69) is 0 Å². The summed E-state index contributed by atoms with van der Waals surface area (Å²) < 4.78 is 5.21. The number of β-amino-alcohol motifs (C(OH)–C–C–N with tert-alkyl or cyclic N) is 1. The van der Waals surface area contributed by atoms with Gasteiger partial charge in [-0.2, -0.15) is 0 Å². The van der Waals surface area contributed by atoms with E-state index in [0.717, 1.165) is 24.4 Å². The van der Waals surface area contributed by atoms with Crippen molar-refractivity contribution in [2.75, 3.05) is 25.1 Å². The molecule has 4 heteroatoms. The van der Waals surface area contributed by atoms with Crippen LogP contribution in [0.3, 0.4) is 0 Å². The third-order valence-electron chi connectivity index (χ3n) is 2.67. The van der Waals surface area contributed by atoms with E-state index in [-0.39, 0.29) is 11.9 Å². The van der Waals surface area contributed by atoms with Gasteiger partial charge in [0, 0.05) is 19.2 Å². The molecule has 1 aliphatic heterocycles. The summed E-state index contributed by atoms with van der Waals surface area (Å²) in [6.07, 6.45) is 0.482. The summed E-state index contributed by atoms with van der Waals surface area (Å²) in [5, 5.41) is 18.9. The van der Waals surface area contributed by atoms with Gasteiger partial charge in [-0.1, -0.05) is 0 Å². The maximum Gasteiger partial charge on any atom is 0.142 e. The van der Waals surface area contributed by atoms with Crippen LogP contribution in [-0.4, -0.2) is 36.5 Å². The molecule has 1 aromatic carbocycles. The second kappa shape index (κ2) is 3.98. The Balaban J connectivity index is 2.29. The Morgan fingerprint density at radius 1 is 1.47 bits per heavy atom. The van der Waals surface area contributed by atoms with Crippen molar-refractivity contribution >= 4 is 5.69 Å². The highest BCUT2D eigenvalue weighted by Crippen LogP contribution is 2.33. The van der Waals surface area contributed by atoms with Crippen LogP contribution in [0.5, 0.6) is 11.5 Å². The lowest BCUT2D eigenvalue weighted by molar-refractivity contribution is 0.198. The van der Waals surface area contributed by atoms with Crippen molar-refractivity contribution in [3.63, 3.8) is 0 Å². The molecule has 0 amide bonds. The minimum atomic E-state index is -0.281. The molecule has 15 heavy (non-hydrogen) atoms. The number of methoxy groups -OCH3 is 1. The van der Waals surface area contributed by atoms with E-state index in [4.69, 9.17) is 4.74 Å². The van der Waals surface area contributed by atoms with Gasteiger partial charge in [-0.15, -0.1) is 0 Å². The van der Waals surface area contributed by atoms with Crippen molar-refractivity contribution in [1.82, 2.24) is 0 Å². The molecule has 0 aromatic heterocycles. The fraction of sp³-hybridized carbons (Fsp3) is 0.455. The van der Waals surface area contributed by atoms with Crippen molar-refractivity contribution < 1.29 is 14.9 Å². The number of rotatable bonds is 2. The fourth-order valence-electron chi connectivity index (χ4n) is 1.89. The largest absolute Gasteiger partial charge is 0.508 e. The van der Waals surface area contributed by atoms with Crippen molar-refractivity contribution in [1.29, 1.82) is 0 Å². The fourth-order valence-corrected chi connectivity index (χ4v) is 1.89. The Hall–Kier alpha value is -1.42. The Morgan fingerprint density at radius 3 is 2.87 bits per heavy atom. The van der Waals surface area contributed by atoms with Gasteiger partial charge in [0.1, 0.15) is 11.5 Å². The average Bonchev–Trinajstić information content (AvgIpc) is 2.65. The first-order chi connectivity index (χ1) is 7.20. The van der Waals surface area contributed by atoms with Crippen LogP contribution >= 0.6 is 0 Å². The van der Waals surface area contributed by atoms with Gasteiger partial charge in [0.15, 0.2) is 0 Å². The predicted octanol–water partition coefficient (Wildman–Crippen LogP) is 0.972. The molecule has 1 aliphatic rings. The van der Waals surface area contributed by atoms with Crippen molar-refractivity contribution in [3.8, 4) is 11.5 Å². The molecule has 2 rings (SSSR count). The van der Waals surface area contributed by atoms with Gasteiger partial charge in [-0.3, -0.25) is 0 Å². The summed E-state index contributed by atoms with van der Waals surface area (Å²) in [5.74, 6) is 0.939. The first kappa shape index (κ1) is 10.1. The van der Waals surface area contributed by atoms with Gasteiger partial charge in [-0.05, 0) is 18.6 Å². The number of benzene rings is 1. The van der Waals surface area contributed by atoms with E-state index in [1.165, 1.54) is 0 Å². The van der Waals surface area contributed by atoms with Crippen LogP contribution in [0, 0.1) is 0 Å². The Kier molecular flexibility index (Phi) is 2.68. The number of phenols is 1. The van der Waals surface area contributed by atoms with Gasteiger partial charge in [-0.25, -0.2) is 0 Å². The Labute approximate surface area is 88.7 Å². The van der Waals surface area contributed by atoms with Crippen LogP contribution in [0.1, 0.15) is 6.42 Å². The van der Waals surface area contributed by atoms with Gasteiger partial charge in [0.25, 0.3) is 0 Å². The summed E-state index contributed by atoms with van der Waals surface area (Å²) >= 11 is 0. The second-order valence-electron chi connectivity index (χ2n) is 3.74. The monoisotopic (exact) mass is 209 g/mol. The summed E-state index contributed by atoms with van der Waals surface area (Å²) in [6, 6.07) is 4.99. The van der Waals surface area contributed by atoms with Gasteiger partial charge in [0.2, 0.25) is 0 Å². The molecule has 4 nitrogen and oxygen atoms in total. The zero-order chi connectivity index (χ0) is 10.8. The molecule has 1 unspecified atom stereocenters. The molecule has 0 bridgehead atoms. The number of phenolic OH excluding ortho intramolecular Hbond substituents is 1. The molecule has 0 aliphatic carbocycles. The highest BCUT2D eigenvalue weighted by atomic mass is 16.5. The number of ether oxygens (including phenoxy) is 1. The number of aliphatic hydroxyl groups is 1. The minimum absolute atomic E-state index is 0.215. The molecular weight excluding hydrogens is 194 g/mol. The van der Waals surface area contributed by atoms with Crippen molar-refractivity contribution in [2.24, 2.45) is 0 Å². The SMILES string of the molecule is COc1ccc(O)cc1N1CCC(O)C1. The topological polar surface area (TPSA) is 52.9 Å². The molecule has 0 radical (unpaired) electrons. The first-order valence-electron chi connectivity index (χ1n) is 5.00. The maximum atomic E-state index is 9.45. The van der Waals surface area contributed by atoms with E-state index in [1.807, 2.05) is 4.90 Å². The predicted molar refractivity (Wildman–Crippen MR) is 57.5 cm³/mol. The van der Waals surface area contributed by atoms with Crippen LogP contribution in [0.25, 0.3) is 0 Å². The molecule has 1 fully saturated rings. The smallest absolute Gasteiger partial charge is 0.142 e. The molecule has 1 saturated heterocycles. The highest BCUT2D eigenvalue weighted by Gasteiger charge is 2.22. The number of hydrogen-bond acceptors (Lipinski definition) is 4. The van der Waals surface area contributed by atoms with Crippen LogP contribution < -0.4 is 9.64 Å². The third kappa shape index (κ3) is 1.99. The summed E-state index contributed by atoms with van der Waals surface area (Å²) in [4.78, 5) is 2.02. The number of nitrogens with zero attached hydrogens (tertiary/aromatic N) is 1. The molecular formula is C11H15NO3. The molecule has 0 spiro atoms. The van der Waals surface area contributed by atoms with E-state index in [9.17, 15) is 10.2 Å². The van der Waals surface area contributed by atoms with Crippen LogP contribution in [0.2, 0.25) is 0 Å². The lowest BCUT2D eigenvalue weighted by Gasteiger charge is -2.20. The van der Waals surface area contributed by atoms with Crippen LogP contribution in [0.4, 0.5) is 5.69 Å². The normalized spacial score (nSPS) is 20.7.